The van der Waals surface area contributed by atoms with Gasteiger partial charge >= 0.3 is 5.97 Å². The van der Waals surface area contributed by atoms with E-state index in [1.54, 1.807) is 6.08 Å². The molecule has 0 aromatic heterocycles. The number of carboxylic acid groups (broad SMARTS) is 1. The fourth-order valence-electron chi connectivity index (χ4n) is 8.62. The highest BCUT2D eigenvalue weighted by Gasteiger charge is 2.68. The molecule has 0 bridgehead atoms. The first-order chi connectivity index (χ1) is 17.7. The highest BCUT2D eigenvalue weighted by atomic mass is 16.7. The predicted molar refractivity (Wildman–Crippen MR) is 128 cm³/mol. The Kier molecular flexibility index (Phi) is 6.91. The van der Waals surface area contributed by atoms with Crippen LogP contribution >= 0.6 is 0 Å². The lowest BCUT2D eigenvalue weighted by Gasteiger charge is -2.60. The van der Waals surface area contributed by atoms with E-state index in [0.29, 0.717) is 19.3 Å². The van der Waals surface area contributed by atoms with Crippen LogP contribution in [0.3, 0.4) is 0 Å². The van der Waals surface area contributed by atoms with Crippen LogP contribution in [-0.4, -0.2) is 97.2 Å². The monoisotopic (exact) mass is 538 g/mol. The average Bonchev–Trinajstić information content (AvgIpc) is 3.13. The van der Waals surface area contributed by atoms with E-state index in [4.69, 9.17) is 9.47 Å². The molecular formula is C27H38O11. The molecule has 1 heterocycles. The van der Waals surface area contributed by atoms with Gasteiger partial charge in [0, 0.05) is 11.8 Å². The van der Waals surface area contributed by atoms with E-state index in [1.165, 1.54) is 0 Å². The molecule has 1 saturated heterocycles. The van der Waals surface area contributed by atoms with Gasteiger partial charge in [-0.25, -0.2) is 4.79 Å². The number of ketones is 2. The van der Waals surface area contributed by atoms with Crippen molar-refractivity contribution >= 4 is 17.5 Å². The summed E-state index contributed by atoms with van der Waals surface area (Å²) in [5.74, 6) is -2.17. The fraction of sp³-hybridized carbons (Fsp3) is 0.815. The van der Waals surface area contributed by atoms with Crippen molar-refractivity contribution in [1.82, 2.24) is 0 Å². The number of carbonyl (C=O) groups excluding carboxylic acids is 2. The Labute approximate surface area is 220 Å². The van der Waals surface area contributed by atoms with E-state index in [2.05, 4.69) is 6.92 Å². The standard InChI is InChI=1S/C27H38O11/c1-25-7-5-13(28)9-12(25)3-4-14-15-6-8-27(36,26(15,2)10-16(29)18(14)25)17(30)11-37-24-21(33)19(31)20(32)22(38-24)23(34)35/h9,14-16,18-22,24,29,31-33,36H,3-8,10-11H2,1-2H3,(H,34,35)/t14-,15-,16-,18+,19+,20?,21?,22+,24-,25-,26-,27-/m0/s1. The molecule has 1 aliphatic heterocycles. The van der Waals surface area contributed by atoms with E-state index >= 15 is 0 Å². The van der Waals surface area contributed by atoms with Crippen LogP contribution in [0.25, 0.3) is 0 Å². The summed E-state index contributed by atoms with van der Waals surface area (Å²) in [4.78, 5) is 36.9. The number of Topliss-reactive ketones (excluding diaryl/α,β-unsaturated/α-hetero) is 1. The molecule has 6 N–H and O–H groups in total. The Balaban J connectivity index is 1.33. The first-order valence-electron chi connectivity index (χ1n) is 13.5. The third-order valence-corrected chi connectivity index (χ3v) is 10.7. The summed E-state index contributed by atoms with van der Waals surface area (Å²) in [6, 6.07) is 0. The van der Waals surface area contributed by atoms with Gasteiger partial charge in [0.2, 0.25) is 0 Å². The van der Waals surface area contributed by atoms with E-state index in [0.717, 1.165) is 18.4 Å². The molecule has 0 amide bonds. The molecule has 3 saturated carbocycles. The Hall–Kier alpha value is -1.73. The van der Waals surface area contributed by atoms with Crippen molar-refractivity contribution in [3.63, 3.8) is 0 Å². The summed E-state index contributed by atoms with van der Waals surface area (Å²) in [7, 11) is 0. The minimum absolute atomic E-state index is 0.0364. The molecule has 212 valence electrons. The van der Waals surface area contributed by atoms with E-state index in [9.17, 15) is 45.0 Å². The maximum Gasteiger partial charge on any atom is 0.335 e. The summed E-state index contributed by atoms with van der Waals surface area (Å²) in [6.45, 7) is 3.23. The molecular weight excluding hydrogens is 500 g/mol. The highest BCUT2D eigenvalue weighted by molar-refractivity contribution is 5.92. The number of rotatable bonds is 5. The topological polar surface area (TPSA) is 191 Å². The van der Waals surface area contributed by atoms with E-state index in [1.807, 2.05) is 6.92 Å². The van der Waals surface area contributed by atoms with Gasteiger partial charge in [-0.3, -0.25) is 9.59 Å². The number of carbonyl (C=O) groups is 3. The smallest absolute Gasteiger partial charge is 0.335 e. The number of aliphatic hydroxyl groups excluding tert-OH is 4. The molecule has 5 aliphatic rings. The Morgan fingerprint density at radius 1 is 1.05 bits per heavy atom. The second-order valence-corrected chi connectivity index (χ2v) is 12.4. The van der Waals surface area contributed by atoms with Crippen molar-refractivity contribution in [3.05, 3.63) is 11.6 Å². The van der Waals surface area contributed by atoms with Gasteiger partial charge in [0.1, 0.15) is 30.5 Å². The second-order valence-electron chi connectivity index (χ2n) is 12.4. The molecule has 0 aromatic carbocycles. The highest BCUT2D eigenvalue weighted by Crippen LogP contribution is 2.67. The zero-order chi connectivity index (χ0) is 27.8. The lowest BCUT2D eigenvalue weighted by Crippen LogP contribution is -2.63. The van der Waals surface area contributed by atoms with Crippen LogP contribution in [0.5, 0.6) is 0 Å². The van der Waals surface area contributed by atoms with Gasteiger partial charge in [-0.05, 0) is 67.8 Å². The Morgan fingerprint density at radius 3 is 2.45 bits per heavy atom. The third kappa shape index (κ3) is 3.93. The maximum atomic E-state index is 13.5. The first-order valence-corrected chi connectivity index (χ1v) is 13.5. The van der Waals surface area contributed by atoms with Gasteiger partial charge < -0.3 is 40.1 Å². The van der Waals surface area contributed by atoms with Gasteiger partial charge in [0.25, 0.3) is 0 Å². The van der Waals surface area contributed by atoms with E-state index < -0.39 is 66.2 Å². The van der Waals surface area contributed by atoms with Gasteiger partial charge in [0.15, 0.2) is 24.0 Å². The first kappa shape index (κ1) is 27.8. The van der Waals surface area contributed by atoms with Crippen molar-refractivity contribution in [1.29, 1.82) is 0 Å². The molecule has 4 aliphatic carbocycles. The van der Waals surface area contributed by atoms with Gasteiger partial charge in [0.05, 0.1) is 6.10 Å². The van der Waals surface area contributed by atoms with Crippen molar-refractivity contribution in [2.24, 2.45) is 28.6 Å². The number of allylic oxidation sites excluding steroid dienone is 1. The molecule has 5 rings (SSSR count). The quantitative estimate of drug-likeness (QED) is 0.269. The molecule has 2 unspecified atom stereocenters. The van der Waals surface area contributed by atoms with Crippen LogP contribution < -0.4 is 0 Å². The summed E-state index contributed by atoms with van der Waals surface area (Å²) >= 11 is 0. The van der Waals surface area contributed by atoms with Gasteiger partial charge in [-0.2, -0.15) is 0 Å². The number of hydrogen-bond acceptors (Lipinski definition) is 10. The van der Waals surface area contributed by atoms with Crippen molar-refractivity contribution in [2.45, 2.75) is 101 Å². The maximum absolute atomic E-state index is 13.5. The fourth-order valence-corrected chi connectivity index (χ4v) is 8.62. The van der Waals surface area contributed by atoms with Crippen LogP contribution in [0.2, 0.25) is 0 Å². The second kappa shape index (κ2) is 9.43. The lowest BCUT2D eigenvalue weighted by atomic mass is 9.45. The van der Waals surface area contributed by atoms with Crippen molar-refractivity contribution in [2.75, 3.05) is 6.61 Å². The average molecular weight is 539 g/mol. The normalized spacial score (nSPS) is 50.4. The molecule has 0 radical (unpaired) electrons. The molecule has 4 fully saturated rings. The Morgan fingerprint density at radius 2 is 1.76 bits per heavy atom. The zero-order valence-corrected chi connectivity index (χ0v) is 21.7. The molecule has 11 heteroatoms. The molecule has 12 atom stereocenters. The zero-order valence-electron chi connectivity index (χ0n) is 21.7. The summed E-state index contributed by atoms with van der Waals surface area (Å²) in [6.07, 6.45) is -4.58. The van der Waals surface area contributed by atoms with Crippen LogP contribution in [0.4, 0.5) is 0 Å². The third-order valence-electron chi connectivity index (χ3n) is 10.7. The Bertz CT molecular complexity index is 1040. The lowest BCUT2D eigenvalue weighted by molar-refractivity contribution is -0.293. The number of aliphatic hydroxyl groups is 5. The molecule has 38 heavy (non-hydrogen) atoms. The van der Waals surface area contributed by atoms with Crippen molar-refractivity contribution < 1.29 is 54.5 Å². The largest absolute Gasteiger partial charge is 0.479 e. The summed E-state index contributed by atoms with van der Waals surface area (Å²) in [5, 5.41) is 62.6. The van der Waals surface area contributed by atoms with Crippen LogP contribution in [-0.2, 0) is 23.9 Å². The number of hydrogen-bond donors (Lipinski definition) is 6. The number of aliphatic carboxylic acids is 1. The SMILES string of the molecule is C[C@]12CCC(=O)C=C1CC[C@@H]1[C@@H]2[C@@H](O)C[C@@]2(C)[C@H]1CC[C@]2(O)C(=O)CO[C@H]1O[C@@H](C(=O)O)C(O)[C@@H](O)C1O. The molecule has 0 aromatic rings. The predicted octanol–water partition coefficient (Wildman–Crippen LogP) is -0.302. The number of ether oxygens (including phenoxy) is 2. The summed E-state index contributed by atoms with van der Waals surface area (Å²) < 4.78 is 10.5. The van der Waals surface area contributed by atoms with Gasteiger partial charge in [-0.1, -0.05) is 19.4 Å². The van der Waals surface area contributed by atoms with Crippen LogP contribution in [0.15, 0.2) is 11.6 Å². The molecule has 0 spiro atoms. The van der Waals surface area contributed by atoms with Crippen LogP contribution in [0.1, 0.15) is 58.8 Å². The van der Waals surface area contributed by atoms with Crippen molar-refractivity contribution in [3.8, 4) is 0 Å². The molecule has 11 nitrogen and oxygen atoms in total. The van der Waals surface area contributed by atoms with Crippen LogP contribution in [0, 0.1) is 28.6 Å². The minimum Gasteiger partial charge on any atom is -0.479 e. The van der Waals surface area contributed by atoms with Gasteiger partial charge in [-0.15, -0.1) is 0 Å². The number of fused-ring (bicyclic) bond motifs is 5. The minimum atomic E-state index is -1.89. The van der Waals surface area contributed by atoms with E-state index in [-0.39, 0.29) is 41.8 Å². The summed E-state index contributed by atoms with van der Waals surface area (Å²) in [5.41, 5.74) is -1.98. The number of carboxylic acids is 1.